The number of likely N-dealkylation sites (tertiary alicyclic amines) is 1. The number of rotatable bonds is 5. The van der Waals surface area contributed by atoms with Gasteiger partial charge >= 0.3 is 0 Å². The van der Waals surface area contributed by atoms with Gasteiger partial charge in [0.25, 0.3) is 0 Å². The van der Waals surface area contributed by atoms with Crippen molar-refractivity contribution in [3.63, 3.8) is 0 Å². The Labute approximate surface area is 132 Å². The van der Waals surface area contributed by atoms with Gasteiger partial charge in [0.1, 0.15) is 16.9 Å². The molecule has 4 nitrogen and oxygen atoms in total. The van der Waals surface area contributed by atoms with Crippen molar-refractivity contribution >= 4 is 33.4 Å². The SMILES string of the molecule is O=C(CCCBr)N1CCCC(Oc2ccncc2Cl)C1. The Kier molecular flexibility index (Phi) is 6.10. The van der Waals surface area contributed by atoms with Gasteiger partial charge < -0.3 is 9.64 Å². The van der Waals surface area contributed by atoms with E-state index in [1.165, 1.54) is 0 Å². The number of aromatic nitrogens is 1. The normalized spacial score (nSPS) is 18.9. The van der Waals surface area contributed by atoms with E-state index >= 15 is 0 Å². The molecule has 0 N–H and O–H groups in total. The lowest BCUT2D eigenvalue weighted by Crippen LogP contribution is -2.44. The molecule has 1 aromatic rings. The Morgan fingerprint density at radius 1 is 1.60 bits per heavy atom. The second-order valence-electron chi connectivity index (χ2n) is 4.82. The zero-order valence-electron chi connectivity index (χ0n) is 11.2. The van der Waals surface area contributed by atoms with Crippen LogP contribution < -0.4 is 4.74 Å². The van der Waals surface area contributed by atoms with Gasteiger partial charge in [-0.05, 0) is 19.3 Å². The molecule has 1 saturated heterocycles. The molecule has 6 heteroatoms. The van der Waals surface area contributed by atoms with Gasteiger partial charge in [-0.15, -0.1) is 0 Å². The van der Waals surface area contributed by atoms with E-state index in [0.29, 0.717) is 23.7 Å². The second-order valence-corrected chi connectivity index (χ2v) is 6.02. The van der Waals surface area contributed by atoms with Crippen LogP contribution in [-0.2, 0) is 4.79 Å². The number of halogens is 2. The van der Waals surface area contributed by atoms with Gasteiger partial charge in [0, 0.05) is 36.8 Å². The Bertz CT molecular complexity index is 459. The van der Waals surface area contributed by atoms with Crippen LogP contribution in [0.4, 0.5) is 0 Å². The molecule has 20 heavy (non-hydrogen) atoms. The highest BCUT2D eigenvalue weighted by molar-refractivity contribution is 9.09. The third-order valence-corrected chi connectivity index (χ3v) is 4.13. The Balaban J connectivity index is 1.90. The summed E-state index contributed by atoms with van der Waals surface area (Å²) < 4.78 is 5.90. The summed E-state index contributed by atoms with van der Waals surface area (Å²) in [6.07, 6.45) is 6.61. The highest BCUT2D eigenvalue weighted by Crippen LogP contribution is 2.25. The van der Waals surface area contributed by atoms with Gasteiger partial charge in [0.15, 0.2) is 0 Å². The number of hydrogen-bond acceptors (Lipinski definition) is 3. The van der Waals surface area contributed by atoms with Gasteiger partial charge in [-0.25, -0.2) is 0 Å². The molecule has 2 rings (SSSR count). The summed E-state index contributed by atoms with van der Waals surface area (Å²) in [5, 5.41) is 1.37. The van der Waals surface area contributed by atoms with Crippen LogP contribution >= 0.6 is 27.5 Å². The number of pyridine rings is 1. The quantitative estimate of drug-likeness (QED) is 0.756. The fourth-order valence-electron chi connectivity index (χ4n) is 2.27. The van der Waals surface area contributed by atoms with Crippen molar-refractivity contribution in [3.8, 4) is 5.75 Å². The minimum atomic E-state index is 0.0107. The van der Waals surface area contributed by atoms with Crippen molar-refractivity contribution in [1.82, 2.24) is 9.88 Å². The Morgan fingerprint density at radius 2 is 2.45 bits per heavy atom. The maximum Gasteiger partial charge on any atom is 0.222 e. The van der Waals surface area contributed by atoms with Crippen LogP contribution in [0.2, 0.25) is 5.02 Å². The number of carbonyl (C=O) groups is 1. The first-order valence-corrected chi connectivity index (χ1v) is 8.30. The van der Waals surface area contributed by atoms with E-state index in [4.69, 9.17) is 16.3 Å². The highest BCUT2D eigenvalue weighted by Gasteiger charge is 2.24. The molecule has 1 aliphatic rings. The summed E-state index contributed by atoms with van der Waals surface area (Å²) >= 11 is 9.39. The van der Waals surface area contributed by atoms with Crippen molar-refractivity contribution in [3.05, 3.63) is 23.5 Å². The van der Waals surface area contributed by atoms with Crippen LogP contribution in [0.1, 0.15) is 25.7 Å². The molecule has 2 heterocycles. The summed E-state index contributed by atoms with van der Waals surface area (Å²) in [5.74, 6) is 0.847. The molecule has 0 aliphatic carbocycles. The molecule has 0 aromatic carbocycles. The summed E-state index contributed by atoms with van der Waals surface area (Å²) in [6, 6.07) is 1.76. The minimum Gasteiger partial charge on any atom is -0.487 e. The zero-order valence-corrected chi connectivity index (χ0v) is 13.6. The van der Waals surface area contributed by atoms with Crippen LogP contribution in [0.5, 0.6) is 5.75 Å². The van der Waals surface area contributed by atoms with E-state index in [1.807, 2.05) is 4.90 Å². The molecule has 1 atom stereocenters. The first-order chi connectivity index (χ1) is 9.70. The molecule has 1 unspecified atom stereocenters. The number of amides is 1. The third kappa shape index (κ3) is 4.35. The molecule has 0 radical (unpaired) electrons. The molecule has 0 bridgehead atoms. The molecule has 0 saturated carbocycles. The van der Waals surface area contributed by atoms with E-state index < -0.39 is 0 Å². The van der Waals surface area contributed by atoms with Crippen molar-refractivity contribution < 1.29 is 9.53 Å². The van der Waals surface area contributed by atoms with Gasteiger partial charge in [-0.2, -0.15) is 0 Å². The molecule has 1 amide bonds. The number of ether oxygens (including phenoxy) is 1. The predicted molar refractivity (Wildman–Crippen MR) is 82.5 cm³/mol. The molecular weight excluding hydrogens is 344 g/mol. The van der Waals surface area contributed by atoms with Gasteiger partial charge in [-0.1, -0.05) is 27.5 Å². The summed E-state index contributed by atoms with van der Waals surface area (Å²) in [6.45, 7) is 1.46. The van der Waals surface area contributed by atoms with Crippen molar-refractivity contribution in [2.75, 3.05) is 18.4 Å². The van der Waals surface area contributed by atoms with Crippen LogP contribution in [0.25, 0.3) is 0 Å². The molecule has 0 spiro atoms. The second kappa shape index (κ2) is 7.84. The number of piperidine rings is 1. The zero-order chi connectivity index (χ0) is 14.4. The van der Waals surface area contributed by atoms with E-state index in [0.717, 1.165) is 31.1 Å². The number of hydrogen-bond donors (Lipinski definition) is 0. The highest BCUT2D eigenvalue weighted by atomic mass is 79.9. The Hall–Kier alpha value is -0.810. The lowest BCUT2D eigenvalue weighted by molar-refractivity contribution is -0.133. The average molecular weight is 362 g/mol. The smallest absolute Gasteiger partial charge is 0.222 e. The number of alkyl halides is 1. The fourth-order valence-corrected chi connectivity index (χ4v) is 2.72. The first-order valence-electron chi connectivity index (χ1n) is 6.80. The van der Waals surface area contributed by atoms with Gasteiger partial charge in [-0.3, -0.25) is 9.78 Å². The molecule has 1 aliphatic heterocycles. The standard InChI is InChI=1S/C14H18BrClN2O2/c15-6-1-4-14(19)18-8-2-3-11(10-18)20-13-5-7-17-9-12(13)16/h5,7,9,11H,1-4,6,8,10H2. The van der Waals surface area contributed by atoms with Crippen molar-refractivity contribution in [1.29, 1.82) is 0 Å². The minimum absolute atomic E-state index is 0.0107. The van der Waals surface area contributed by atoms with E-state index in [2.05, 4.69) is 20.9 Å². The van der Waals surface area contributed by atoms with Gasteiger partial charge in [0.05, 0.1) is 6.54 Å². The first kappa shape index (κ1) is 15.6. The molecular formula is C14H18BrClN2O2. The largest absolute Gasteiger partial charge is 0.487 e. The number of carbonyl (C=O) groups excluding carboxylic acids is 1. The van der Waals surface area contributed by atoms with E-state index in [-0.39, 0.29) is 12.0 Å². The molecule has 110 valence electrons. The van der Waals surface area contributed by atoms with Crippen molar-refractivity contribution in [2.45, 2.75) is 31.8 Å². The van der Waals surface area contributed by atoms with E-state index in [1.54, 1.807) is 18.5 Å². The monoisotopic (exact) mass is 360 g/mol. The summed E-state index contributed by atoms with van der Waals surface area (Å²) in [5.41, 5.74) is 0. The lowest BCUT2D eigenvalue weighted by Gasteiger charge is -2.33. The third-order valence-electron chi connectivity index (χ3n) is 3.28. The topological polar surface area (TPSA) is 42.4 Å². The summed E-state index contributed by atoms with van der Waals surface area (Å²) in [7, 11) is 0. The van der Waals surface area contributed by atoms with Crippen LogP contribution in [0.3, 0.4) is 0 Å². The average Bonchev–Trinajstić information content (AvgIpc) is 2.47. The summed E-state index contributed by atoms with van der Waals surface area (Å²) in [4.78, 5) is 17.9. The maximum atomic E-state index is 12.0. The number of nitrogens with zero attached hydrogens (tertiary/aromatic N) is 2. The maximum absolute atomic E-state index is 12.0. The predicted octanol–water partition coefficient (Wildman–Crippen LogP) is 3.28. The van der Waals surface area contributed by atoms with Crippen LogP contribution in [-0.4, -0.2) is 40.3 Å². The molecule has 1 aromatic heterocycles. The lowest BCUT2D eigenvalue weighted by atomic mass is 10.1. The fraction of sp³-hybridized carbons (Fsp3) is 0.571. The van der Waals surface area contributed by atoms with E-state index in [9.17, 15) is 4.79 Å². The van der Waals surface area contributed by atoms with Crippen LogP contribution in [0, 0.1) is 0 Å². The van der Waals surface area contributed by atoms with Crippen molar-refractivity contribution in [2.24, 2.45) is 0 Å². The van der Waals surface area contributed by atoms with Crippen LogP contribution in [0.15, 0.2) is 18.5 Å². The van der Waals surface area contributed by atoms with Gasteiger partial charge in [0.2, 0.25) is 5.91 Å². The Morgan fingerprint density at radius 3 is 3.20 bits per heavy atom. The molecule has 1 fully saturated rings.